The van der Waals surface area contributed by atoms with Crippen LogP contribution >= 0.6 is 0 Å². The Morgan fingerprint density at radius 1 is 1.10 bits per heavy atom. The number of rotatable bonds is 6. The number of anilines is 2. The molecule has 9 heteroatoms. The maximum atomic E-state index is 13.0. The zero-order valence-corrected chi connectivity index (χ0v) is 18.3. The topological polar surface area (TPSA) is 87.5 Å². The number of fused-ring (bicyclic) bond motifs is 1. The molecule has 0 saturated carbocycles. The molecule has 0 fully saturated rings. The number of benzene rings is 2. The Bertz CT molecular complexity index is 1180. The number of amides is 1. The average molecular weight is 440 g/mol. The second-order valence-corrected chi connectivity index (χ2v) is 9.37. The first-order valence-electron chi connectivity index (χ1n) is 10.0. The second-order valence-electron chi connectivity index (χ2n) is 7.66. The van der Waals surface area contributed by atoms with E-state index >= 15 is 0 Å². The first-order valence-corrected chi connectivity index (χ1v) is 11.5. The van der Waals surface area contributed by atoms with Crippen molar-refractivity contribution in [2.45, 2.75) is 24.5 Å². The maximum absolute atomic E-state index is 13.0. The quantitative estimate of drug-likeness (QED) is 0.636. The molecular formula is C22H25N5O3S. The van der Waals surface area contributed by atoms with Crippen LogP contribution in [-0.4, -0.2) is 43.0 Å². The molecule has 2 heterocycles. The van der Waals surface area contributed by atoms with Gasteiger partial charge in [-0.15, -0.1) is 0 Å². The van der Waals surface area contributed by atoms with E-state index in [0.717, 1.165) is 17.9 Å². The molecule has 0 radical (unpaired) electrons. The van der Waals surface area contributed by atoms with Crippen LogP contribution in [0.1, 0.15) is 12.5 Å². The number of hydrogen-bond donors (Lipinski definition) is 1. The fourth-order valence-corrected chi connectivity index (χ4v) is 4.70. The molecule has 31 heavy (non-hydrogen) atoms. The van der Waals surface area contributed by atoms with Crippen molar-refractivity contribution in [2.75, 3.05) is 22.9 Å². The van der Waals surface area contributed by atoms with Gasteiger partial charge in [-0.05, 0) is 24.6 Å². The van der Waals surface area contributed by atoms with Gasteiger partial charge in [0, 0.05) is 32.4 Å². The van der Waals surface area contributed by atoms with Crippen molar-refractivity contribution in [3.63, 3.8) is 0 Å². The molecule has 1 amide bonds. The van der Waals surface area contributed by atoms with Gasteiger partial charge in [0.15, 0.2) is 5.03 Å². The lowest BCUT2D eigenvalue weighted by molar-refractivity contribution is -0.117. The smallest absolute Gasteiger partial charge is 0.260 e. The number of hydrogen-bond acceptors (Lipinski definition) is 5. The molecule has 1 unspecified atom stereocenters. The lowest BCUT2D eigenvalue weighted by Gasteiger charge is -2.42. The largest absolute Gasteiger partial charge is 0.361 e. The van der Waals surface area contributed by atoms with Crippen LogP contribution in [0.3, 0.4) is 0 Å². The molecular weight excluding hydrogens is 414 g/mol. The van der Waals surface area contributed by atoms with Crippen molar-refractivity contribution in [3.8, 4) is 0 Å². The normalized spacial score (nSPS) is 16.3. The third-order valence-electron chi connectivity index (χ3n) is 5.33. The van der Waals surface area contributed by atoms with E-state index in [4.69, 9.17) is 0 Å². The van der Waals surface area contributed by atoms with Gasteiger partial charge in [-0.1, -0.05) is 42.5 Å². The summed E-state index contributed by atoms with van der Waals surface area (Å²) in [6.45, 7) is 2.93. The first-order chi connectivity index (χ1) is 14.8. The van der Waals surface area contributed by atoms with Gasteiger partial charge in [0.2, 0.25) is 5.91 Å². The van der Waals surface area contributed by atoms with Gasteiger partial charge in [-0.25, -0.2) is 18.1 Å². The average Bonchev–Trinajstić information content (AvgIpc) is 3.22. The van der Waals surface area contributed by atoms with Gasteiger partial charge in [-0.2, -0.15) is 0 Å². The third kappa shape index (κ3) is 4.47. The number of carbonyl (C=O) groups is 1. The van der Waals surface area contributed by atoms with Crippen molar-refractivity contribution in [3.05, 3.63) is 72.7 Å². The molecule has 8 nitrogen and oxygen atoms in total. The Hall–Kier alpha value is -3.17. The van der Waals surface area contributed by atoms with E-state index in [1.165, 1.54) is 18.1 Å². The fraction of sp³-hybridized carbons (Fsp3) is 0.273. The van der Waals surface area contributed by atoms with Crippen LogP contribution in [0.4, 0.5) is 11.4 Å². The van der Waals surface area contributed by atoms with Crippen LogP contribution < -0.4 is 14.5 Å². The predicted molar refractivity (Wildman–Crippen MR) is 119 cm³/mol. The summed E-state index contributed by atoms with van der Waals surface area (Å²) < 4.78 is 28.8. The summed E-state index contributed by atoms with van der Waals surface area (Å²) in [7, 11) is -2.17. The monoisotopic (exact) mass is 439 g/mol. The highest BCUT2D eigenvalue weighted by Gasteiger charge is 2.31. The zero-order chi connectivity index (χ0) is 22.0. The van der Waals surface area contributed by atoms with Crippen molar-refractivity contribution in [1.82, 2.24) is 14.3 Å². The molecule has 162 valence electrons. The highest BCUT2D eigenvalue weighted by molar-refractivity contribution is 7.89. The summed E-state index contributed by atoms with van der Waals surface area (Å²) in [4.78, 5) is 20.8. The van der Waals surface area contributed by atoms with Gasteiger partial charge in [0.05, 0.1) is 24.2 Å². The van der Waals surface area contributed by atoms with Crippen LogP contribution in [0.2, 0.25) is 0 Å². The summed E-state index contributed by atoms with van der Waals surface area (Å²) in [6.07, 6.45) is 2.80. The minimum atomic E-state index is -3.86. The van der Waals surface area contributed by atoms with Crippen molar-refractivity contribution in [1.29, 1.82) is 0 Å². The number of nitrogens with one attached hydrogen (secondary N) is 1. The first kappa shape index (κ1) is 21.1. The number of imidazole rings is 1. The molecule has 1 aliphatic heterocycles. The number of sulfonamides is 1. The number of para-hydroxylation sites is 2. The van der Waals surface area contributed by atoms with E-state index in [0.29, 0.717) is 6.54 Å². The Morgan fingerprint density at radius 3 is 2.45 bits per heavy atom. The van der Waals surface area contributed by atoms with E-state index in [1.54, 1.807) is 16.5 Å². The lowest BCUT2D eigenvalue weighted by Crippen LogP contribution is -2.51. The molecule has 1 aromatic heterocycles. The summed E-state index contributed by atoms with van der Waals surface area (Å²) in [6, 6.07) is 18.0. The molecule has 1 atom stereocenters. The van der Waals surface area contributed by atoms with Crippen LogP contribution in [0.15, 0.2) is 72.1 Å². The number of nitrogens with zero attached hydrogens (tertiary/aromatic N) is 4. The Labute approximate surface area is 182 Å². The predicted octanol–water partition coefficient (Wildman–Crippen LogP) is 2.14. The summed E-state index contributed by atoms with van der Waals surface area (Å²) in [5.41, 5.74) is 2.91. The Morgan fingerprint density at radius 2 is 1.77 bits per heavy atom. The van der Waals surface area contributed by atoms with Gasteiger partial charge < -0.3 is 14.4 Å². The van der Waals surface area contributed by atoms with Crippen LogP contribution in [0, 0.1) is 0 Å². The summed E-state index contributed by atoms with van der Waals surface area (Å²) >= 11 is 0. The van der Waals surface area contributed by atoms with E-state index < -0.39 is 10.0 Å². The summed E-state index contributed by atoms with van der Waals surface area (Å²) in [5.74, 6) is -0.307. The molecule has 1 aliphatic rings. The highest BCUT2D eigenvalue weighted by atomic mass is 32.2. The molecule has 3 aromatic rings. The van der Waals surface area contributed by atoms with Gasteiger partial charge in [0.25, 0.3) is 10.0 Å². The zero-order valence-electron chi connectivity index (χ0n) is 17.5. The van der Waals surface area contributed by atoms with Gasteiger partial charge >= 0.3 is 0 Å². The Balaban J connectivity index is 1.53. The molecule has 0 bridgehead atoms. The molecule has 0 saturated heterocycles. The van der Waals surface area contributed by atoms with E-state index in [9.17, 15) is 13.2 Å². The second kappa shape index (κ2) is 8.52. The maximum Gasteiger partial charge on any atom is 0.260 e. The number of aryl methyl sites for hydroxylation is 1. The van der Waals surface area contributed by atoms with E-state index in [2.05, 4.69) is 33.7 Å². The highest BCUT2D eigenvalue weighted by Crippen LogP contribution is 2.36. The fourth-order valence-electron chi connectivity index (χ4n) is 3.74. The minimum absolute atomic E-state index is 0.0615. The molecule has 4 rings (SSSR count). The molecule has 1 N–H and O–H groups in total. The molecule has 2 aromatic carbocycles. The van der Waals surface area contributed by atoms with E-state index in [1.807, 2.05) is 42.5 Å². The Kier molecular flexibility index (Phi) is 5.79. The SMILES string of the molecule is CC1CN(C(=O)CNS(=O)(=O)c2cn(C)cn2)c2ccccc2N1Cc1ccccc1. The number of carbonyl (C=O) groups excluding carboxylic acids is 1. The minimum Gasteiger partial charge on any atom is -0.361 e. The van der Waals surface area contributed by atoms with E-state index in [-0.39, 0.29) is 23.5 Å². The molecule has 0 aliphatic carbocycles. The standard InChI is InChI=1S/C22H25N5O3S/c1-17-13-27(22(28)12-24-31(29,30)21-15-25(2)16-23-21)20-11-7-6-10-19(20)26(17)14-18-8-4-3-5-9-18/h3-11,15-17,24H,12-14H2,1-2H3. The number of aromatic nitrogens is 2. The van der Waals surface area contributed by atoms with Gasteiger partial charge in [-0.3, -0.25) is 4.79 Å². The van der Waals surface area contributed by atoms with Crippen LogP contribution in [0.5, 0.6) is 0 Å². The third-order valence-corrected chi connectivity index (χ3v) is 6.61. The van der Waals surface area contributed by atoms with Crippen LogP contribution in [0.25, 0.3) is 0 Å². The van der Waals surface area contributed by atoms with Crippen LogP contribution in [-0.2, 0) is 28.4 Å². The van der Waals surface area contributed by atoms with Crippen molar-refractivity contribution in [2.24, 2.45) is 7.05 Å². The summed E-state index contributed by atoms with van der Waals surface area (Å²) in [5, 5.41) is -0.107. The lowest BCUT2D eigenvalue weighted by atomic mass is 10.1. The van der Waals surface area contributed by atoms with Crippen molar-refractivity contribution >= 4 is 27.3 Å². The van der Waals surface area contributed by atoms with Gasteiger partial charge in [0.1, 0.15) is 0 Å². The molecule has 0 spiro atoms. The van der Waals surface area contributed by atoms with Crippen molar-refractivity contribution < 1.29 is 13.2 Å².